The fourth-order valence-corrected chi connectivity index (χ4v) is 2.75. The number of aliphatic hydroxyl groups excluding tert-OH is 1. The van der Waals surface area contributed by atoms with Gasteiger partial charge in [-0.2, -0.15) is 0 Å². The highest BCUT2D eigenvalue weighted by Crippen LogP contribution is 2.18. The average Bonchev–Trinajstić information content (AvgIpc) is 2.71. The van der Waals surface area contributed by atoms with Crippen LogP contribution < -0.4 is 15.8 Å². The van der Waals surface area contributed by atoms with Crippen LogP contribution in [0, 0.1) is 11.6 Å². The molecule has 3 atom stereocenters. The number of amides is 1. The van der Waals surface area contributed by atoms with E-state index in [0.29, 0.717) is 17.7 Å². The second-order valence-corrected chi connectivity index (χ2v) is 6.79. The van der Waals surface area contributed by atoms with Gasteiger partial charge in [0.25, 0.3) is 5.91 Å². The lowest BCUT2D eigenvalue weighted by molar-refractivity contribution is -0.127. The molecule has 2 rings (SSSR count). The predicted molar refractivity (Wildman–Crippen MR) is 110 cm³/mol. The molecule has 162 valence electrons. The number of allylic oxidation sites excluding steroid dienone is 1. The number of carbonyl (C=O) groups is 1. The molecule has 0 aromatic heterocycles. The molecule has 0 saturated heterocycles. The number of nitrogens with two attached hydrogens (primary N) is 1. The van der Waals surface area contributed by atoms with Crippen LogP contribution >= 0.6 is 0 Å². The minimum atomic E-state index is -1.12. The van der Waals surface area contributed by atoms with E-state index < -0.39 is 35.8 Å². The molecule has 0 saturated carbocycles. The first kappa shape index (κ1) is 23.5. The van der Waals surface area contributed by atoms with Gasteiger partial charge in [-0.1, -0.05) is 6.08 Å². The highest BCUT2D eigenvalue weighted by atomic mass is 19.1. The number of hydrogen-bond donors (Lipinski definition) is 3. The smallest absolute Gasteiger partial charge is 0.253 e. The Morgan fingerprint density at radius 3 is 2.57 bits per heavy atom. The summed E-state index contributed by atoms with van der Waals surface area (Å²) in [6.45, 7) is 3.53. The van der Waals surface area contributed by atoms with Crippen LogP contribution in [0.25, 0.3) is 0 Å². The molecule has 1 amide bonds. The summed E-state index contributed by atoms with van der Waals surface area (Å²) in [5, 5.41) is 12.9. The maximum atomic E-state index is 13.7. The van der Waals surface area contributed by atoms with E-state index in [-0.39, 0.29) is 18.8 Å². The molecule has 0 radical (unpaired) electrons. The third kappa shape index (κ3) is 7.22. The maximum absolute atomic E-state index is 13.7. The number of anilines is 1. The van der Waals surface area contributed by atoms with Crippen LogP contribution in [0.1, 0.15) is 12.0 Å². The first-order valence-electron chi connectivity index (χ1n) is 9.38. The number of hydrogen-bond acceptors (Lipinski definition) is 5. The van der Waals surface area contributed by atoms with Crippen molar-refractivity contribution in [2.75, 3.05) is 19.0 Å². The molecular formula is C22H26F2N2O4. The average molecular weight is 420 g/mol. The first-order valence-corrected chi connectivity index (χ1v) is 9.38. The molecule has 0 fully saturated rings. The van der Waals surface area contributed by atoms with Crippen molar-refractivity contribution < 1.29 is 28.2 Å². The lowest BCUT2D eigenvalue weighted by atomic mass is 10.0. The van der Waals surface area contributed by atoms with Gasteiger partial charge >= 0.3 is 0 Å². The van der Waals surface area contributed by atoms with Gasteiger partial charge in [0.15, 0.2) is 0 Å². The summed E-state index contributed by atoms with van der Waals surface area (Å²) in [6, 6.07) is 8.68. The standard InChI is InChI=1S/C22H26F2N2O4/c1-3-4-14-9-16(24)11-18(10-14)30-13-19(25)20(27)12-21(29-2)22(28)26-17-7-5-15(23)6-8-17/h3,5-11,19-21,27H,1,4,12-13,25H2,2H3,(H,26,28)/t19-,20-,21+/m0/s1. The largest absolute Gasteiger partial charge is 0.492 e. The minimum absolute atomic E-state index is 0.0844. The molecule has 0 bridgehead atoms. The molecule has 0 aliphatic heterocycles. The summed E-state index contributed by atoms with van der Waals surface area (Å²) >= 11 is 0. The number of methoxy groups -OCH3 is 1. The summed E-state index contributed by atoms with van der Waals surface area (Å²) in [5.41, 5.74) is 7.05. The normalized spacial score (nSPS) is 13.9. The topological polar surface area (TPSA) is 93.8 Å². The van der Waals surface area contributed by atoms with Crippen LogP contribution in [0.3, 0.4) is 0 Å². The number of halogens is 2. The Hall–Kier alpha value is -2.81. The lowest BCUT2D eigenvalue weighted by Crippen LogP contribution is -2.44. The summed E-state index contributed by atoms with van der Waals surface area (Å²) in [7, 11) is 1.33. The van der Waals surface area contributed by atoms with Gasteiger partial charge in [-0.05, 0) is 48.4 Å². The fourth-order valence-electron chi connectivity index (χ4n) is 2.75. The maximum Gasteiger partial charge on any atom is 0.253 e. The Labute approximate surface area is 174 Å². The molecule has 2 aromatic rings. The van der Waals surface area contributed by atoms with Crippen molar-refractivity contribution in [3.05, 3.63) is 72.3 Å². The van der Waals surface area contributed by atoms with E-state index in [1.807, 2.05) is 0 Å². The van der Waals surface area contributed by atoms with E-state index in [1.165, 1.54) is 43.5 Å². The SMILES string of the molecule is C=CCc1cc(F)cc(OC[C@H](N)[C@@H](O)C[C@@H](OC)C(=O)Nc2ccc(F)cc2)c1. The van der Waals surface area contributed by atoms with Crippen LogP contribution in [0.5, 0.6) is 5.75 Å². The van der Waals surface area contributed by atoms with Crippen molar-refractivity contribution >= 4 is 11.6 Å². The van der Waals surface area contributed by atoms with Gasteiger partial charge in [-0.15, -0.1) is 6.58 Å². The van der Waals surface area contributed by atoms with Gasteiger partial charge in [-0.25, -0.2) is 8.78 Å². The Bertz CT molecular complexity index is 846. The number of benzene rings is 2. The quantitative estimate of drug-likeness (QED) is 0.486. The molecular weight excluding hydrogens is 394 g/mol. The summed E-state index contributed by atoms with van der Waals surface area (Å²) < 4.78 is 37.3. The molecule has 0 heterocycles. The molecule has 8 heteroatoms. The zero-order chi connectivity index (χ0) is 22.1. The molecule has 30 heavy (non-hydrogen) atoms. The van der Waals surface area contributed by atoms with E-state index >= 15 is 0 Å². The molecule has 2 aromatic carbocycles. The van der Waals surface area contributed by atoms with E-state index in [2.05, 4.69) is 11.9 Å². The number of aliphatic hydroxyl groups is 1. The number of nitrogens with one attached hydrogen (secondary N) is 1. The molecule has 0 spiro atoms. The number of carbonyl (C=O) groups excluding carboxylic acids is 1. The van der Waals surface area contributed by atoms with E-state index in [9.17, 15) is 18.7 Å². The second-order valence-electron chi connectivity index (χ2n) is 6.79. The van der Waals surface area contributed by atoms with Gasteiger partial charge in [-0.3, -0.25) is 4.79 Å². The monoisotopic (exact) mass is 420 g/mol. The highest BCUT2D eigenvalue weighted by Gasteiger charge is 2.26. The van der Waals surface area contributed by atoms with E-state index in [1.54, 1.807) is 12.1 Å². The zero-order valence-corrected chi connectivity index (χ0v) is 16.7. The summed E-state index contributed by atoms with van der Waals surface area (Å²) in [6.07, 6.45) is -0.0457. The highest BCUT2D eigenvalue weighted by molar-refractivity contribution is 5.94. The summed E-state index contributed by atoms with van der Waals surface area (Å²) in [5.74, 6) is -1.09. The van der Waals surface area contributed by atoms with Gasteiger partial charge in [0, 0.05) is 25.3 Å². The molecule has 6 nitrogen and oxygen atoms in total. The molecule has 0 aliphatic rings. The van der Waals surface area contributed by atoms with Crippen LogP contribution in [-0.2, 0) is 16.0 Å². The Kier molecular flexibility index (Phi) is 8.91. The fraction of sp³-hybridized carbons (Fsp3) is 0.318. The molecule has 4 N–H and O–H groups in total. The molecule has 0 unspecified atom stereocenters. The van der Waals surface area contributed by atoms with Crippen molar-refractivity contribution in [2.24, 2.45) is 5.73 Å². The van der Waals surface area contributed by atoms with Crippen LogP contribution in [0.4, 0.5) is 14.5 Å². The number of ether oxygens (including phenoxy) is 2. The Balaban J connectivity index is 1.89. The van der Waals surface area contributed by atoms with Crippen LogP contribution in [0.15, 0.2) is 55.1 Å². The Morgan fingerprint density at radius 2 is 1.93 bits per heavy atom. The van der Waals surface area contributed by atoms with Crippen molar-refractivity contribution in [1.82, 2.24) is 0 Å². The molecule has 0 aliphatic carbocycles. The lowest BCUT2D eigenvalue weighted by Gasteiger charge is -2.23. The predicted octanol–water partition coefficient (Wildman–Crippen LogP) is 2.80. The van der Waals surface area contributed by atoms with Crippen molar-refractivity contribution in [3.63, 3.8) is 0 Å². The zero-order valence-electron chi connectivity index (χ0n) is 16.7. The van der Waals surface area contributed by atoms with E-state index in [0.717, 1.165) is 0 Å². The third-order valence-corrected chi connectivity index (χ3v) is 4.39. The van der Waals surface area contributed by atoms with Gasteiger partial charge in [0.1, 0.15) is 30.1 Å². The first-order chi connectivity index (χ1) is 14.3. The Morgan fingerprint density at radius 1 is 1.23 bits per heavy atom. The van der Waals surface area contributed by atoms with E-state index in [4.69, 9.17) is 15.2 Å². The third-order valence-electron chi connectivity index (χ3n) is 4.39. The van der Waals surface area contributed by atoms with Crippen LogP contribution in [0.2, 0.25) is 0 Å². The van der Waals surface area contributed by atoms with Crippen molar-refractivity contribution in [3.8, 4) is 5.75 Å². The minimum Gasteiger partial charge on any atom is -0.492 e. The van der Waals surface area contributed by atoms with Crippen LogP contribution in [-0.4, -0.2) is 43.0 Å². The summed E-state index contributed by atoms with van der Waals surface area (Å²) in [4.78, 5) is 12.3. The number of rotatable bonds is 11. The van der Waals surface area contributed by atoms with Gasteiger partial charge in [0.05, 0.1) is 12.1 Å². The second kappa shape index (κ2) is 11.4. The van der Waals surface area contributed by atoms with Gasteiger partial charge in [0.2, 0.25) is 0 Å². The van der Waals surface area contributed by atoms with Gasteiger partial charge < -0.3 is 25.6 Å². The van der Waals surface area contributed by atoms with Crippen molar-refractivity contribution in [2.45, 2.75) is 31.1 Å². The van der Waals surface area contributed by atoms with Crippen molar-refractivity contribution in [1.29, 1.82) is 0 Å².